The molecule has 9 heteroatoms. The highest BCUT2D eigenvalue weighted by Crippen LogP contribution is 2.31. The molecule has 0 N–H and O–H groups in total. The molecule has 1 saturated heterocycles. The van der Waals surface area contributed by atoms with Gasteiger partial charge < -0.3 is 14.7 Å². The van der Waals surface area contributed by atoms with Crippen LogP contribution in [0.3, 0.4) is 0 Å². The third-order valence-corrected chi connectivity index (χ3v) is 7.70. The Morgan fingerprint density at radius 1 is 1.00 bits per heavy atom. The Labute approximate surface area is 192 Å². The minimum absolute atomic E-state index is 0.0867. The highest BCUT2D eigenvalue weighted by atomic mass is 35.7. The highest BCUT2D eigenvalue weighted by Gasteiger charge is 2.31. The molecule has 2 heterocycles. The smallest absolute Gasteiger partial charge is 0.261 e. The quantitative estimate of drug-likeness (QED) is 0.622. The zero-order chi connectivity index (χ0) is 22.2. The van der Waals surface area contributed by atoms with Crippen LogP contribution in [0.4, 0.5) is 11.4 Å². The number of rotatable bonds is 4. The van der Waals surface area contributed by atoms with E-state index in [2.05, 4.69) is 9.80 Å². The van der Waals surface area contributed by atoms with E-state index in [1.54, 1.807) is 12.1 Å². The van der Waals surface area contributed by atoms with E-state index in [1.807, 2.05) is 30.0 Å². The first kappa shape index (κ1) is 22.2. The number of hydrogen-bond donors (Lipinski definition) is 0. The predicted molar refractivity (Wildman–Crippen MR) is 125 cm³/mol. The maximum Gasteiger partial charge on any atom is 0.261 e. The molecule has 31 heavy (non-hydrogen) atoms. The lowest BCUT2D eigenvalue weighted by atomic mass is 10.00. The second-order valence-corrected chi connectivity index (χ2v) is 11.0. The molecule has 2 aliphatic heterocycles. The van der Waals surface area contributed by atoms with Gasteiger partial charge in [-0.25, -0.2) is 8.42 Å². The Morgan fingerprint density at radius 2 is 1.68 bits per heavy atom. The number of halogens is 2. The summed E-state index contributed by atoms with van der Waals surface area (Å²) in [4.78, 5) is 19.6. The average molecular weight is 482 g/mol. The molecular formula is C22H25Cl2N3O3S. The number of carbonyl (C=O) groups excluding carboxylic acids is 1. The van der Waals surface area contributed by atoms with E-state index in [1.165, 1.54) is 17.7 Å². The molecule has 1 fully saturated rings. The average Bonchev–Trinajstić information content (AvgIpc) is 2.77. The number of piperazine rings is 1. The van der Waals surface area contributed by atoms with Gasteiger partial charge in [0.2, 0.25) is 5.91 Å². The zero-order valence-corrected chi connectivity index (χ0v) is 19.6. The fraction of sp³-hybridized carbons (Fsp3) is 0.409. The Kier molecular flexibility index (Phi) is 6.37. The summed E-state index contributed by atoms with van der Waals surface area (Å²) in [5, 5.41) is 0.729. The van der Waals surface area contributed by atoms with Crippen molar-refractivity contribution in [3.05, 3.63) is 53.1 Å². The van der Waals surface area contributed by atoms with Crippen molar-refractivity contribution in [3.63, 3.8) is 0 Å². The van der Waals surface area contributed by atoms with Gasteiger partial charge in [0.15, 0.2) is 0 Å². The molecule has 1 atom stereocenters. The van der Waals surface area contributed by atoms with Crippen LogP contribution >= 0.6 is 22.3 Å². The SMILES string of the molecule is C[C@H](C(=O)N1CCN(c2ccc(S(=O)(=O)Cl)cc2)CC1)N1CCCc2cc(Cl)ccc21. The number of anilines is 2. The Balaban J connectivity index is 1.40. The van der Waals surface area contributed by atoms with Gasteiger partial charge >= 0.3 is 0 Å². The van der Waals surface area contributed by atoms with Crippen LogP contribution in [0.25, 0.3) is 0 Å². The van der Waals surface area contributed by atoms with Gasteiger partial charge in [-0.05, 0) is 67.8 Å². The molecule has 6 nitrogen and oxygen atoms in total. The van der Waals surface area contributed by atoms with E-state index >= 15 is 0 Å². The fourth-order valence-electron chi connectivity index (χ4n) is 4.40. The van der Waals surface area contributed by atoms with Crippen molar-refractivity contribution in [2.45, 2.75) is 30.7 Å². The van der Waals surface area contributed by atoms with E-state index in [9.17, 15) is 13.2 Å². The van der Waals surface area contributed by atoms with Crippen LogP contribution in [0.2, 0.25) is 5.02 Å². The number of carbonyl (C=O) groups is 1. The first-order valence-electron chi connectivity index (χ1n) is 10.4. The van der Waals surface area contributed by atoms with Gasteiger partial charge in [0.05, 0.1) is 4.90 Å². The van der Waals surface area contributed by atoms with Gasteiger partial charge in [0, 0.05) is 59.8 Å². The molecule has 0 spiro atoms. The van der Waals surface area contributed by atoms with E-state index in [-0.39, 0.29) is 16.8 Å². The summed E-state index contributed by atoms with van der Waals surface area (Å²) in [5.41, 5.74) is 3.22. The molecule has 2 aromatic carbocycles. The summed E-state index contributed by atoms with van der Waals surface area (Å²) >= 11 is 6.15. The second-order valence-electron chi connectivity index (χ2n) is 7.99. The maximum absolute atomic E-state index is 13.2. The zero-order valence-electron chi connectivity index (χ0n) is 17.3. The predicted octanol–water partition coefficient (Wildman–Crippen LogP) is 3.76. The summed E-state index contributed by atoms with van der Waals surface area (Å²) in [7, 11) is 1.66. The first-order valence-corrected chi connectivity index (χ1v) is 13.1. The largest absolute Gasteiger partial charge is 0.368 e. The molecule has 166 valence electrons. The van der Waals surface area contributed by atoms with Crippen molar-refractivity contribution in [2.75, 3.05) is 42.5 Å². The van der Waals surface area contributed by atoms with Gasteiger partial charge in [0.25, 0.3) is 9.05 Å². The fourth-order valence-corrected chi connectivity index (χ4v) is 5.36. The second kappa shape index (κ2) is 8.88. The summed E-state index contributed by atoms with van der Waals surface area (Å²) in [6.07, 6.45) is 1.99. The van der Waals surface area contributed by atoms with Crippen molar-refractivity contribution < 1.29 is 13.2 Å². The lowest BCUT2D eigenvalue weighted by molar-refractivity contribution is -0.132. The van der Waals surface area contributed by atoms with Crippen LogP contribution in [0.15, 0.2) is 47.4 Å². The Bertz CT molecular complexity index is 1070. The van der Waals surface area contributed by atoms with Crippen molar-refractivity contribution >= 4 is 48.6 Å². The molecule has 0 bridgehead atoms. The number of aryl methyl sites for hydroxylation is 1. The third-order valence-electron chi connectivity index (χ3n) is 6.10. The topological polar surface area (TPSA) is 60.9 Å². The summed E-state index contributed by atoms with van der Waals surface area (Å²) in [6, 6.07) is 12.2. The number of nitrogens with zero attached hydrogens (tertiary/aromatic N) is 3. The van der Waals surface area contributed by atoms with Crippen molar-refractivity contribution in [1.29, 1.82) is 0 Å². The number of benzene rings is 2. The van der Waals surface area contributed by atoms with E-state index in [0.717, 1.165) is 35.8 Å². The van der Waals surface area contributed by atoms with Crippen molar-refractivity contribution in [2.24, 2.45) is 0 Å². The molecule has 2 aliphatic rings. The van der Waals surface area contributed by atoms with Crippen molar-refractivity contribution in [3.8, 4) is 0 Å². The summed E-state index contributed by atoms with van der Waals surface area (Å²) < 4.78 is 22.8. The number of amides is 1. The highest BCUT2D eigenvalue weighted by molar-refractivity contribution is 8.13. The monoisotopic (exact) mass is 481 g/mol. The van der Waals surface area contributed by atoms with Gasteiger partial charge in [-0.1, -0.05) is 11.6 Å². The third kappa shape index (κ3) is 4.78. The van der Waals surface area contributed by atoms with Gasteiger partial charge in [-0.3, -0.25) is 4.79 Å². The van der Waals surface area contributed by atoms with Crippen LogP contribution in [0.1, 0.15) is 18.9 Å². The molecule has 0 saturated carbocycles. The van der Waals surface area contributed by atoms with Crippen LogP contribution in [0, 0.1) is 0 Å². The minimum atomic E-state index is -3.73. The molecular weight excluding hydrogens is 457 g/mol. The Hall–Kier alpha value is -1.96. The molecule has 0 unspecified atom stereocenters. The maximum atomic E-state index is 13.2. The van der Waals surface area contributed by atoms with Crippen LogP contribution in [-0.4, -0.2) is 58.0 Å². The molecule has 0 radical (unpaired) electrons. The first-order chi connectivity index (χ1) is 14.7. The van der Waals surface area contributed by atoms with Crippen molar-refractivity contribution in [1.82, 2.24) is 4.90 Å². The minimum Gasteiger partial charge on any atom is -0.368 e. The van der Waals surface area contributed by atoms with Gasteiger partial charge in [-0.2, -0.15) is 0 Å². The van der Waals surface area contributed by atoms with E-state index in [4.69, 9.17) is 22.3 Å². The van der Waals surface area contributed by atoms with Crippen LogP contribution in [-0.2, 0) is 20.3 Å². The lowest BCUT2D eigenvalue weighted by Crippen LogP contribution is -2.55. The summed E-state index contributed by atoms with van der Waals surface area (Å²) in [5.74, 6) is 0.131. The molecule has 0 aliphatic carbocycles. The molecule has 1 amide bonds. The molecule has 0 aromatic heterocycles. The number of fused-ring (bicyclic) bond motifs is 1. The lowest BCUT2D eigenvalue weighted by Gasteiger charge is -2.41. The van der Waals surface area contributed by atoms with Gasteiger partial charge in [-0.15, -0.1) is 0 Å². The normalized spacial score (nSPS) is 18.0. The van der Waals surface area contributed by atoms with E-state index in [0.29, 0.717) is 26.2 Å². The summed E-state index contributed by atoms with van der Waals surface area (Å²) in [6.45, 7) is 5.47. The number of hydrogen-bond acceptors (Lipinski definition) is 5. The van der Waals surface area contributed by atoms with Crippen LogP contribution in [0.5, 0.6) is 0 Å². The Morgan fingerprint density at radius 3 is 2.32 bits per heavy atom. The standard InChI is InChI=1S/C22H25Cl2N3O3S/c1-16(27-10-2-3-17-15-18(23)4-9-21(17)27)22(28)26-13-11-25(12-14-26)19-5-7-20(8-6-19)31(24,29)30/h4-9,15-16H,2-3,10-14H2,1H3/t16-/m1/s1. The van der Waals surface area contributed by atoms with E-state index < -0.39 is 9.05 Å². The molecule has 4 rings (SSSR count). The van der Waals surface area contributed by atoms with Crippen LogP contribution < -0.4 is 9.80 Å². The van der Waals surface area contributed by atoms with Gasteiger partial charge in [0.1, 0.15) is 6.04 Å². The molecule has 2 aromatic rings.